The molecule has 1 unspecified atom stereocenters. The van der Waals surface area contributed by atoms with Crippen LogP contribution in [0.1, 0.15) is 13.3 Å². The summed E-state index contributed by atoms with van der Waals surface area (Å²) in [7, 11) is 0. The third kappa shape index (κ3) is 1.65. The third-order valence-corrected chi connectivity index (χ3v) is 1.99. The summed E-state index contributed by atoms with van der Waals surface area (Å²) in [6.45, 7) is 1.78. The molecular formula is C7H8BrF. The summed E-state index contributed by atoms with van der Waals surface area (Å²) < 4.78 is 12.6. The molecule has 0 fully saturated rings. The van der Waals surface area contributed by atoms with Crippen LogP contribution in [-0.4, -0.2) is 4.83 Å². The Bertz CT molecular complexity index is 170. The molecule has 0 spiro atoms. The summed E-state index contributed by atoms with van der Waals surface area (Å²) in [6, 6.07) is 0. The normalized spacial score (nSPS) is 27.2. The molecule has 0 N–H and O–H groups in total. The molecule has 0 nitrogen and oxygen atoms in total. The molecule has 1 aliphatic rings. The van der Waals surface area contributed by atoms with Crippen molar-refractivity contribution in [1.29, 1.82) is 0 Å². The van der Waals surface area contributed by atoms with Crippen LogP contribution in [0.25, 0.3) is 0 Å². The van der Waals surface area contributed by atoms with Gasteiger partial charge in [-0.05, 0) is 12.5 Å². The molecular weight excluding hydrogens is 183 g/mol. The van der Waals surface area contributed by atoms with Crippen molar-refractivity contribution in [3.8, 4) is 0 Å². The Kier molecular flexibility index (Phi) is 2.06. The molecule has 50 valence electrons. The van der Waals surface area contributed by atoms with E-state index in [1.54, 1.807) is 13.0 Å². The number of alkyl halides is 1. The first-order valence-corrected chi connectivity index (χ1v) is 3.79. The largest absolute Gasteiger partial charge is 0.211 e. The number of rotatable bonds is 0. The van der Waals surface area contributed by atoms with E-state index in [1.165, 1.54) is 0 Å². The van der Waals surface area contributed by atoms with Crippen LogP contribution >= 0.6 is 15.9 Å². The van der Waals surface area contributed by atoms with E-state index in [0.29, 0.717) is 6.42 Å². The first-order chi connectivity index (χ1) is 4.20. The number of halogens is 2. The average molecular weight is 191 g/mol. The van der Waals surface area contributed by atoms with Crippen molar-refractivity contribution >= 4 is 15.9 Å². The van der Waals surface area contributed by atoms with Crippen molar-refractivity contribution in [2.24, 2.45) is 0 Å². The summed E-state index contributed by atoms with van der Waals surface area (Å²) >= 11 is 3.30. The van der Waals surface area contributed by atoms with Crippen molar-refractivity contribution in [2.75, 3.05) is 0 Å². The highest BCUT2D eigenvalue weighted by atomic mass is 79.9. The van der Waals surface area contributed by atoms with Gasteiger partial charge in [0.1, 0.15) is 5.83 Å². The molecule has 0 aliphatic heterocycles. The molecule has 0 saturated carbocycles. The van der Waals surface area contributed by atoms with Crippen LogP contribution in [0.5, 0.6) is 0 Å². The monoisotopic (exact) mass is 190 g/mol. The third-order valence-electron chi connectivity index (χ3n) is 1.36. The minimum Gasteiger partial charge on any atom is -0.211 e. The molecule has 0 aromatic heterocycles. The number of hydrogen-bond donors (Lipinski definition) is 0. The second-order valence-electron chi connectivity index (χ2n) is 2.17. The summed E-state index contributed by atoms with van der Waals surface area (Å²) in [4.78, 5) is 0.196. The van der Waals surface area contributed by atoms with Crippen molar-refractivity contribution in [2.45, 2.75) is 18.2 Å². The zero-order valence-corrected chi connectivity index (χ0v) is 6.78. The SMILES string of the molecule is CC1=C(F)CC(Br)C=C1. The van der Waals surface area contributed by atoms with Crippen LogP contribution < -0.4 is 0 Å². The van der Waals surface area contributed by atoms with E-state index in [0.717, 1.165) is 5.57 Å². The zero-order chi connectivity index (χ0) is 6.85. The van der Waals surface area contributed by atoms with E-state index >= 15 is 0 Å². The molecule has 0 aromatic carbocycles. The van der Waals surface area contributed by atoms with Gasteiger partial charge in [-0.3, -0.25) is 0 Å². The van der Waals surface area contributed by atoms with Crippen molar-refractivity contribution < 1.29 is 4.39 Å². The van der Waals surface area contributed by atoms with Gasteiger partial charge in [0.25, 0.3) is 0 Å². The molecule has 2 heteroatoms. The van der Waals surface area contributed by atoms with Gasteiger partial charge in [-0.15, -0.1) is 0 Å². The molecule has 1 atom stereocenters. The fraction of sp³-hybridized carbons (Fsp3) is 0.429. The quantitative estimate of drug-likeness (QED) is 0.516. The first-order valence-electron chi connectivity index (χ1n) is 2.87. The Morgan fingerprint density at radius 1 is 1.78 bits per heavy atom. The van der Waals surface area contributed by atoms with Gasteiger partial charge in [-0.1, -0.05) is 28.1 Å². The second-order valence-corrected chi connectivity index (χ2v) is 3.34. The van der Waals surface area contributed by atoms with Crippen LogP contribution in [-0.2, 0) is 0 Å². The minimum absolute atomic E-state index is 0.000579. The van der Waals surface area contributed by atoms with E-state index in [1.807, 2.05) is 6.08 Å². The highest BCUT2D eigenvalue weighted by Crippen LogP contribution is 2.23. The first kappa shape index (κ1) is 7.00. The van der Waals surface area contributed by atoms with Gasteiger partial charge in [0.05, 0.1) is 0 Å². The molecule has 0 bridgehead atoms. The lowest BCUT2D eigenvalue weighted by molar-refractivity contribution is 0.583. The molecule has 1 rings (SSSR count). The Balaban J connectivity index is 2.75. The van der Waals surface area contributed by atoms with Crippen LogP contribution in [0.4, 0.5) is 4.39 Å². The molecule has 0 amide bonds. The number of hydrogen-bond acceptors (Lipinski definition) is 0. The Hall–Kier alpha value is -0.110. The average Bonchev–Trinajstić information content (AvgIpc) is 1.80. The van der Waals surface area contributed by atoms with Gasteiger partial charge in [-0.2, -0.15) is 0 Å². The second kappa shape index (κ2) is 2.65. The summed E-state index contributed by atoms with van der Waals surface area (Å²) in [5.74, 6) is -0.000579. The smallest absolute Gasteiger partial charge is 0.104 e. The van der Waals surface area contributed by atoms with E-state index < -0.39 is 0 Å². The highest BCUT2D eigenvalue weighted by Gasteiger charge is 2.09. The fourth-order valence-corrected chi connectivity index (χ4v) is 1.18. The lowest BCUT2D eigenvalue weighted by Gasteiger charge is -2.08. The van der Waals surface area contributed by atoms with Gasteiger partial charge in [-0.25, -0.2) is 4.39 Å². The zero-order valence-electron chi connectivity index (χ0n) is 5.20. The maximum absolute atomic E-state index is 12.6. The van der Waals surface area contributed by atoms with Gasteiger partial charge >= 0.3 is 0 Å². The van der Waals surface area contributed by atoms with E-state index in [2.05, 4.69) is 15.9 Å². The Labute approximate surface area is 62.6 Å². The van der Waals surface area contributed by atoms with Crippen LogP contribution in [0.2, 0.25) is 0 Å². The molecule has 0 aromatic rings. The van der Waals surface area contributed by atoms with Gasteiger partial charge in [0.15, 0.2) is 0 Å². The van der Waals surface area contributed by atoms with Crippen molar-refractivity contribution in [3.05, 3.63) is 23.6 Å². The maximum atomic E-state index is 12.6. The van der Waals surface area contributed by atoms with E-state index in [-0.39, 0.29) is 10.7 Å². The molecule has 0 saturated heterocycles. The van der Waals surface area contributed by atoms with E-state index in [9.17, 15) is 4.39 Å². The fourth-order valence-electron chi connectivity index (χ4n) is 0.739. The topological polar surface area (TPSA) is 0 Å². The lowest BCUT2D eigenvalue weighted by Crippen LogP contribution is -1.98. The van der Waals surface area contributed by atoms with Crippen LogP contribution in [0, 0.1) is 0 Å². The summed E-state index contributed by atoms with van der Waals surface area (Å²) in [5.41, 5.74) is 0.755. The maximum Gasteiger partial charge on any atom is 0.104 e. The predicted molar refractivity (Wildman–Crippen MR) is 40.3 cm³/mol. The Morgan fingerprint density at radius 3 is 2.89 bits per heavy atom. The van der Waals surface area contributed by atoms with Crippen LogP contribution in [0.15, 0.2) is 23.6 Å². The summed E-state index contributed by atoms with van der Waals surface area (Å²) in [5, 5.41) is 0. The predicted octanol–water partition coefficient (Wildman–Crippen LogP) is 2.95. The standard InChI is InChI=1S/C7H8BrF/c1-5-2-3-6(8)4-7(5)9/h2-3,6H,4H2,1H3. The molecule has 1 aliphatic carbocycles. The van der Waals surface area contributed by atoms with Gasteiger partial charge in [0.2, 0.25) is 0 Å². The highest BCUT2D eigenvalue weighted by molar-refractivity contribution is 9.09. The van der Waals surface area contributed by atoms with Crippen LogP contribution in [0.3, 0.4) is 0 Å². The molecule has 9 heavy (non-hydrogen) atoms. The number of allylic oxidation sites excluding steroid dienone is 4. The minimum atomic E-state index is -0.000579. The van der Waals surface area contributed by atoms with Gasteiger partial charge < -0.3 is 0 Å². The molecule has 0 radical (unpaired) electrons. The Morgan fingerprint density at radius 2 is 2.44 bits per heavy atom. The lowest BCUT2D eigenvalue weighted by atomic mass is 10.1. The van der Waals surface area contributed by atoms with Crippen molar-refractivity contribution in [1.82, 2.24) is 0 Å². The van der Waals surface area contributed by atoms with E-state index in [4.69, 9.17) is 0 Å². The van der Waals surface area contributed by atoms with Crippen molar-refractivity contribution in [3.63, 3.8) is 0 Å². The van der Waals surface area contributed by atoms with Gasteiger partial charge in [0, 0.05) is 11.2 Å². The summed E-state index contributed by atoms with van der Waals surface area (Å²) in [6.07, 6.45) is 4.26. The molecule has 0 heterocycles.